The summed E-state index contributed by atoms with van der Waals surface area (Å²) in [5, 5.41) is 11.2. The average molecular weight is 291 g/mol. The van der Waals surface area contributed by atoms with Gasteiger partial charge in [0.2, 0.25) is 23.4 Å². The number of carbonyl (C=O) groups is 1. The molecule has 0 aliphatic carbocycles. The van der Waals surface area contributed by atoms with Crippen LogP contribution in [0.15, 0.2) is 46.9 Å². The minimum atomic E-state index is -0.225. The Morgan fingerprint density at radius 2 is 1.95 bits per heavy atom. The second-order valence-electron chi connectivity index (χ2n) is 4.89. The van der Waals surface area contributed by atoms with Crippen LogP contribution in [0.25, 0.3) is 22.2 Å². The van der Waals surface area contributed by atoms with Gasteiger partial charge in [0, 0.05) is 19.5 Å². The second kappa shape index (κ2) is 5.34. The molecule has 0 atom stereocenters. The van der Waals surface area contributed by atoms with Crippen LogP contribution in [0.5, 0.6) is 0 Å². The molecule has 0 aliphatic heterocycles. The summed E-state index contributed by atoms with van der Waals surface area (Å²) in [6.07, 6.45) is 0. The second-order valence-corrected chi connectivity index (χ2v) is 4.89. The van der Waals surface area contributed by atoms with Gasteiger partial charge in [0.1, 0.15) is 6.07 Å². The molecule has 0 radical (unpaired) electrons. The Kier molecular flexibility index (Phi) is 3.36. The summed E-state index contributed by atoms with van der Waals surface area (Å²) in [5.74, 6) is 0.270. The van der Waals surface area contributed by atoms with Crippen molar-refractivity contribution in [2.24, 2.45) is 0 Å². The maximum absolute atomic E-state index is 11.5. The van der Waals surface area contributed by atoms with Crippen LogP contribution in [-0.4, -0.2) is 17.9 Å². The number of amides is 1. The number of nitrogens with zero attached hydrogens (tertiary/aromatic N) is 3. The van der Waals surface area contributed by atoms with Crippen molar-refractivity contribution in [1.82, 2.24) is 4.98 Å². The van der Waals surface area contributed by atoms with Gasteiger partial charge in [-0.2, -0.15) is 10.2 Å². The average Bonchev–Trinajstić information content (AvgIpc) is 2.97. The molecule has 3 aromatic rings. The Hall–Kier alpha value is -3.13. The number of fused-ring (bicyclic) bond motifs is 1. The van der Waals surface area contributed by atoms with E-state index in [0.717, 1.165) is 16.3 Å². The van der Waals surface area contributed by atoms with Gasteiger partial charge < -0.3 is 4.42 Å². The zero-order chi connectivity index (χ0) is 15.7. The normalized spacial score (nSPS) is 10.4. The molecular formula is C17H13N3O2. The SMILES string of the molecule is CC(=O)N(C)c1oc(-c2cccc3ccccc23)nc1C#N. The van der Waals surface area contributed by atoms with Gasteiger partial charge >= 0.3 is 0 Å². The van der Waals surface area contributed by atoms with Gasteiger partial charge in [0.25, 0.3) is 0 Å². The molecule has 1 aromatic heterocycles. The fourth-order valence-corrected chi connectivity index (χ4v) is 2.28. The minimum absolute atomic E-state index is 0.0978. The number of oxazole rings is 1. The van der Waals surface area contributed by atoms with Gasteiger partial charge in [-0.05, 0) is 16.8 Å². The van der Waals surface area contributed by atoms with Crippen molar-refractivity contribution in [3.63, 3.8) is 0 Å². The van der Waals surface area contributed by atoms with Crippen LogP contribution in [0.3, 0.4) is 0 Å². The molecule has 0 bridgehead atoms. The molecule has 5 nitrogen and oxygen atoms in total. The van der Waals surface area contributed by atoms with Gasteiger partial charge in [-0.25, -0.2) is 0 Å². The lowest BCUT2D eigenvalue weighted by molar-refractivity contribution is -0.116. The van der Waals surface area contributed by atoms with E-state index in [4.69, 9.17) is 4.42 Å². The lowest BCUT2D eigenvalue weighted by atomic mass is 10.0. The Bertz CT molecular complexity index is 900. The van der Waals surface area contributed by atoms with Crippen molar-refractivity contribution >= 4 is 22.6 Å². The van der Waals surface area contributed by atoms with Crippen LogP contribution in [0.4, 0.5) is 5.88 Å². The minimum Gasteiger partial charge on any atom is -0.419 e. The van der Waals surface area contributed by atoms with E-state index in [0.29, 0.717) is 5.89 Å². The van der Waals surface area contributed by atoms with Crippen LogP contribution >= 0.6 is 0 Å². The van der Waals surface area contributed by atoms with Gasteiger partial charge in [-0.1, -0.05) is 36.4 Å². The van der Waals surface area contributed by atoms with E-state index in [-0.39, 0.29) is 17.5 Å². The highest BCUT2D eigenvalue weighted by atomic mass is 16.4. The number of rotatable bonds is 2. The van der Waals surface area contributed by atoms with E-state index < -0.39 is 0 Å². The molecule has 1 amide bonds. The summed E-state index contributed by atoms with van der Waals surface area (Å²) in [4.78, 5) is 17.0. The van der Waals surface area contributed by atoms with Crippen LogP contribution in [0.2, 0.25) is 0 Å². The lowest BCUT2D eigenvalue weighted by Crippen LogP contribution is -2.23. The Balaban J connectivity index is 2.20. The first-order valence-electron chi connectivity index (χ1n) is 6.75. The molecule has 0 fully saturated rings. The number of hydrogen-bond donors (Lipinski definition) is 0. The fourth-order valence-electron chi connectivity index (χ4n) is 2.28. The van der Waals surface area contributed by atoms with Crippen LogP contribution in [0.1, 0.15) is 12.6 Å². The van der Waals surface area contributed by atoms with Crippen molar-refractivity contribution in [1.29, 1.82) is 5.26 Å². The van der Waals surface area contributed by atoms with Gasteiger partial charge in [-0.3, -0.25) is 9.69 Å². The molecule has 0 spiro atoms. The molecular weight excluding hydrogens is 278 g/mol. The van der Waals surface area contributed by atoms with Crippen molar-refractivity contribution in [3.05, 3.63) is 48.2 Å². The Morgan fingerprint density at radius 1 is 1.23 bits per heavy atom. The predicted octanol–water partition coefficient (Wildman–Crippen LogP) is 3.35. The van der Waals surface area contributed by atoms with Crippen molar-refractivity contribution in [2.45, 2.75) is 6.92 Å². The maximum Gasteiger partial charge on any atom is 0.241 e. The van der Waals surface area contributed by atoms with E-state index in [2.05, 4.69) is 4.98 Å². The predicted molar refractivity (Wildman–Crippen MR) is 83.2 cm³/mol. The quantitative estimate of drug-likeness (QED) is 0.726. The van der Waals surface area contributed by atoms with E-state index >= 15 is 0 Å². The molecule has 1 heterocycles. The third-order valence-electron chi connectivity index (χ3n) is 3.51. The topological polar surface area (TPSA) is 70.1 Å². The fraction of sp³-hybridized carbons (Fsp3) is 0.118. The van der Waals surface area contributed by atoms with E-state index in [1.54, 1.807) is 7.05 Å². The van der Waals surface area contributed by atoms with Gasteiger partial charge in [0.05, 0.1) is 0 Å². The van der Waals surface area contributed by atoms with E-state index in [9.17, 15) is 10.1 Å². The van der Waals surface area contributed by atoms with Crippen LogP contribution in [-0.2, 0) is 4.79 Å². The summed E-state index contributed by atoms with van der Waals surface area (Å²) >= 11 is 0. The maximum atomic E-state index is 11.5. The highest BCUT2D eigenvalue weighted by Crippen LogP contribution is 2.32. The molecule has 0 aliphatic rings. The van der Waals surface area contributed by atoms with Crippen molar-refractivity contribution < 1.29 is 9.21 Å². The molecule has 2 aromatic carbocycles. The Labute approximate surface area is 127 Å². The zero-order valence-corrected chi connectivity index (χ0v) is 12.2. The summed E-state index contributed by atoms with van der Waals surface area (Å²) < 4.78 is 5.69. The zero-order valence-electron chi connectivity index (χ0n) is 12.2. The monoisotopic (exact) mass is 291 g/mol. The summed E-state index contributed by atoms with van der Waals surface area (Å²) in [6.45, 7) is 1.40. The van der Waals surface area contributed by atoms with Crippen LogP contribution in [0, 0.1) is 11.3 Å². The molecule has 108 valence electrons. The number of aromatic nitrogens is 1. The number of benzene rings is 2. The third-order valence-corrected chi connectivity index (χ3v) is 3.51. The molecule has 0 saturated heterocycles. The largest absolute Gasteiger partial charge is 0.419 e. The smallest absolute Gasteiger partial charge is 0.241 e. The Morgan fingerprint density at radius 3 is 2.68 bits per heavy atom. The van der Waals surface area contributed by atoms with Crippen LogP contribution < -0.4 is 4.90 Å². The molecule has 3 rings (SSSR count). The lowest BCUT2D eigenvalue weighted by Gasteiger charge is -2.10. The molecule has 0 saturated carbocycles. The first-order valence-corrected chi connectivity index (χ1v) is 6.75. The third kappa shape index (κ3) is 2.21. The first kappa shape index (κ1) is 13.8. The van der Waals surface area contributed by atoms with Gasteiger partial charge in [0.15, 0.2) is 0 Å². The van der Waals surface area contributed by atoms with Crippen molar-refractivity contribution in [2.75, 3.05) is 11.9 Å². The number of hydrogen-bond acceptors (Lipinski definition) is 4. The van der Waals surface area contributed by atoms with E-state index in [1.165, 1.54) is 11.8 Å². The first-order chi connectivity index (χ1) is 10.6. The highest BCUT2D eigenvalue weighted by molar-refractivity contribution is 5.95. The molecule has 0 N–H and O–H groups in total. The van der Waals surface area contributed by atoms with E-state index in [1.807, 2.05) is 48.5 Å². The summed E-state index contributed by atoms with van der Waals surface area (Å²) in [6, 6.07) is 15.6. The number of nitriles is 1. The number of anilines is 1. The molecule has 0 unspecified atom stereocenters. The summed E-state index contributed by atoms with van der Waals surface area (Å²) in [5.41, 5.74) is 0.887. The number of carbonyl (C=O) groups excluding carboxylic acids is 1. The molecule has 22 heavy (non-hydrogen) atoms. The highest BCUT2D eigenvalue weighted by Gasteiger charge is 2.21. The standard InChI is InChI=1S/C17H13N3O2/c1-11(21)20(2)17-15(10-18)19-16(22-17)14-9-5-7-12-6-3-4-8-13(12)14/h3-9H,1-2H3. The summed E-state index contributed by atoms with van der Waals surface area (Å²) in [7, 11) is 1.55. The molecule has 5 heteroatoms. The van der Waals surface area contributed by atoms with Gasteiger partial charge in [-0.15, -0.1) is 0 Å². The van der Waals surface area contributed by atoms with Crippen molar-refractivity contribution in [3.8, 4) is 17.5 Å².